The number of hydrogen-bond donors (Lipinski definition) is 2. The number of ether oxygens (including phenoxy) is 1. The molecule has 0 spiro atoms. The van der Waals surface area contributed by atoms with Crippen LogP contribution in [0.15, 0.2) is 0 Å². The van der Waals surface area contributed by atoms with Crippen molar-refractivity contribution in [2.45, 2.75) is 38.3 Å². The first-order chi connectivity index (χ1) is 7.03. The zero-order valence-corrected chi connectivity index (χ0v) is 9.92. The number of nitrogens with one attached hydrogen (secondary N) is 1. The van der Waals surface area contributed by atoms with E-state index in [0.717, 1.165) is 12.8 Å². The lowest BCUT2D eigenvalue weighted by Crippen LogP contribution is -2.38. The molecule has 90 valence electrons. The third kappa shape index (κ3) is 4.92. The molecular weight excluding hydrogens is 216 g/mol. The molecule has 0 saturated carbocycles. The van der Waals surface area contributed by atoms with Gasteiger partial charge in [-0.15, -0.1) is 0 Å². The summed E-state index contributed by atoms with van der Waals surface area (Å²) in [6, 6.07) is -0.0959. The number of sulfonamides is 1. The van der Waals surface area contributed by atoms with Crippen molar-refractivity contribution in [2.24, 2.45) is 5.73 Å². The summed E-state index contributed by atoms with van der Waals surface area (Å²) in [7, 11) is -3.22. The van der Waals surface area contributed by atoms with Crippen molar-refractivity contribution in [2.75, 3.05) is 18.9 Å². The van der Waals surface area contributed by atoms with Gasteiger partial charge in [0.1, 0.15) is 0 Å². The van der Waals surface area contributed by atoms with Gasteiger partial charge in [0.05, 0.1) is 11.9 Å². The second-order valence-electron chi connectivity index (χ2n) is 4.01. The standard InChI is InChI=1S/C9H20N2O3S/c1-8(4-5-10)11-15(12,13)7-9-3-2-6-14-9/h8-9,11H,2-7,10H2,1H3. The minimum atomic E-state index is -3.22. The molecule has 1 aliphatic rings. The summed E-state index contributed by atoms with van der Waals surface area (Å²) >= 11 is 0. The Morgan fingerprint density at radius 1 is 1.60 bits per heavy atom. The maximum Gasteiger partial charge on any atom is 0.214 e. The molecule has 0 aromatic heterocycles. The van der Waals surface area contributed by atoms with Gasteiger partial charge >= 0.3 is 0 Å². The molecule has 3 N–H and O–H groups in total. The van der Waals surface area contributed by atoms with Crippen LogP contribution in [0.25, 0.3) is 0 Å². The summed E-state index contributed by atoms with van der Waals surface area (Å²) in [6.07, 6.45) is 2.32. The van der Waals surface area contributed by atoms with Crippen LogP contribution in [0.3, 0.4) is 0 Å². The summed E-state index contributed by atoms with van der Waals surface area (Å²) in [5.41, 5.74) is 5.35. The second-order valence-corrected chi connectivity index (χ2v) is 5.81. The van der Waals surface area contributed by atoms with Gasteiger partial charge in [-0.2, -0.15) is 0 Å². The fourth-order valence-electron chi connectivity index (χ4n) is 1.68. The van der Waals surface area contributed by atoms with Gasteiger partial charge < -0.3 is 10.5 Å². The van der Waals surface area contributed by atoms with Crippen LogP contribution in [0, 0.1) is 0 Å². The van der Waals surface area contributed by atoms with Crippen molar-refractivity contribution in [3.63, 3.8) is 0 Å². The normalized spacial score (nSPS) is 24.3. The van der Waals surface area contributed by atoms with Crippen molar-refractivity contribution in [3.05, 3.63) is 0 Å². The molecule has 1 fully saturated rings. The quantitative estimate of drug-likeness (QED) is 0.670. The molecule has 5 nitrogen and oxygen atoms in total. The summed E-state index contributed by atoms with van der Waals surface area (Å²) < 4.78 is 31.2. The van der Waals surface area contributed by atoms with E-state index >= 15 is 0 Å². The predicted molar refractivity (Wildman–Crippen MR) is 59.0 cm³/mol. The largest absolute Gasteiger partial charge is 0.377 e. The van der Waals surface area contributed by atoms with Gasteiger partial charge in [0.15, 0.2) is 0 Å². The Hall–Kier alpha value is -0.170. The van der Waals surface area contributed by atoms with Crippen molar-refractivity contribution >= 4 is 10.0 Å². The molecule has 0 aliphatic carbocycles. The Morgan fingerprint density at radius 3 is 2.87 bits per heavy atom. The maximum absolute atomic E-state index is 11.6. The zero-order valence-electron chi connectivity index (χ0n) is 9.11. The Kier molecular flexibility index (Phi) is 4.98. The van der Waals surface area contributed by atoms with Crippen molar-refractivity contribution in [1.82, 2.24) is 4.72 Å². The number of hydrogen-bond acceptors (Lipinski definition) is 4. The van der Waals surface area contributed by atoms with Crippen LogP contribution in [0.2, 0.25) is 0 Å². The topological polar surface area (TPSA) is 81.4 Å². The minimum Gasteiger partial charge on any atom is -0.377 e. The molecule has 2 unspecified atom stereocenters. The highest BCUT2D eigenvalue weighted by Gasteiger charge is 2.24. The summed E-state index contributed by atoms with van der Waals surface area (Å²) in [5.74, 6) is 0.0713. The average Bonchev–Trinajstić information content (AvgIpc) is 2.54. The Morgan fingerprint density at radius 2 is 2.33 bits per heavy atom. The Balaban J connectivity index is 2.37. The van der Waals surface area contributed by atoms with E-state index < -0.39 is 10.0 Å². The van der Waals surface area contributed by atoms with Crippen LogP contribution in [-0.2, 0) is 14.8 Å². The Labute approximate surface area is 91.4 Å². The van der Waals surface area contributed by atoms with E-state index in [1.807, 2.05) is 6.92 Å². The maximum atomic E-state index is 11.6. The van der Waals surface area contributed by atoms with E-state index in [0.29, 0.717) is 19.6 Å². The van der Waals surface area contributed by atoms with E-state index in [9.17, 15) is 8.42 Å². The molecular formula is C9H20N2O3S. The molecule has 0 amide bonds. The van der Waals surface area contributed by atoms with Gasteiger partial charge in [0.25, 0.3) is 0 Å². The summed E-state index contributed by atoms with van der Waals surface area (Å²) in [5, 5.41) is 0. The second kappa shape index (κ2) is 5.79. The fourth-order valence-corrected chi connectivity index (χ4v) is 3.26. The highest BCUT2D eigenvalue weighted by molar-refractivity contribution is 7.89. The molecule has 0 bridgehead atoms. The lowest BCUT2D eigenvalue weighted by Gasteiger charge is -2.15. The molecule has 1 aliphatic heterocycles. The SMILES string of the molecule is CC(CCN)NS(=O)(=O)CC1CCCO1. The van der Waals surface area contributed by atoms with Gasteiger partial charge in [-0.25, -0.2) is 13.1 Å². The third-order valence-electron chi connectivity index (χ3n) is 2.41. The highest BCUT2D eigenvalue weighted by Crippen LogP contribution is 2.13. The molecule has 6 heteroatoms. The monoisotopic (exact) mass is 236 g/mol. The molecule has 15 heavy (non-hydrogen) atoms. The first-order valence-electron chi connectivity index (χ1n) is 5.35. The Bertz CT molecular complexity index is 273. The number of rotatable bonds is 6. The minimum absolute atomic E-state index is 0.0713. The van der Waals surface area contributed by atoms with Gasteiger partial charge in [0.2, 0.25) is 10.0 Å². The number of nitrogens with two attached hydrogens (primary N) is 1. The average molecular weight is 236 g/mol. The van der Waals surface area contributed by atoms with Gasteiger partial charge in [-0.05, 0) is 32.7 Å². The molecule has 1 saturated heterocycles. The summed E-state index contributed by atoms with van der Waals surface area (Å²) in [6.45, 7) is 2.99. The van der Waals surface area contributed by atoms with Gasteiger partial charge in [-0.1, -0.05) is 0 Å². The first-order valence-corrected chi connectivity index (χ1v) is 7.00. The molecule has 2 atom stereocenters. The molecule has 1 rings (SSSR count). The van der Waals surface area contributed by atoms with Crippen molar-refractivity contribution < 1.29 is 13.2 Å². The van der Waals surface area contributed by atoms with E-state index in [2.05, 4.69) is 4.72 Å². The lowest BCUT2D eigenvalue weighted by molar-refractivity contribution is 0.127. The highest BCUT2D eigenvalue weighted by atomic mass is 32.2. The molecule has 1 heterocycles. The lowest BCUT2D eigenvalue weighted by atomic mass is 10.3. The zero-order chi connectivity index (χ0) is 11.3. The molecule has 0 radical (unpaired) electrons. The van der Waals surface area contributed by atoms with Crippen LogP contribution < -0.4 is 10.5 Å². The third-order valence-corrected chi connectivity index (χ3v) is 3.98. The van der Waals surface area contributed by atoms with Crippen LogP contribution in [0.1, 0.15) is 26.2 Å². The summed E-state index contributed by atoms with van der Waals surface area (Å²) in [4.78, 5) is 0. The van der Waals surface area contributed by atoms with E-state index in [4.69, 9.17) is 10.5 Å². The van der Waals surface area contributed by atoms with Crippen molar-refractivity contribution in [1.29, 1.82) is 0 Å². The van der Waals surface area contributed by atoms with Gasteiger partial charge in [-0.3, -0.25) is 0 Å². The van der Waals surface area contributed by atoms with E-state index in [1.165, 1.54) is 0 Å². The fraction of sp³-hybridized carbons (Fsp3) is 1.00. The van der Waals surface area contributed by atoms with Crippen molar-refractivity contribution in [3.8, 4) is 0 Å². The van der Waals surface area contributed by atoms with E-state index in [1.54, 1.807) is 0 Å². The van der Waals surface area contributed by atoms with Crippen LogP contribution in [0.5, 0.6) is 0 Å². The first kappa shape index (κ1) is 12.9. The molecule has 0 aromatic rings. The van der Waals surface area contributed by atoms with E-state index in [-0.39, 0.29) is 17.9 Å². The van der Waals surface area contributed by atoms with Crippen LogP contribution in [-0.4, -0.2) is 39.5 Å². The molecule has 0 aromatic carbocycles. The van der Waals surface area contributed by atoms with Gasteiger partial charge in [0, 0.05) is 12.6 Å². The van der Waals surface area contributed by atoms with Crippen LogP contribution in [0.4, 0.5) is 0 Å². The van der Waals surface area contributed by atoms with Crippen LogP contribution >= 0.6 is 0 Å². The smallest absolute Gasteiger partial charge is 0.214 e. The predicted octanol–water partition coefficient (Wildman–Crippen LogP) is -0.178.